The first-order valence-electron chi connectivity index (χ1n) is 5.86. The van der Waals surface area contributed by atoms with E-state index in [1.807, 2.05) is 0 Å². The van der Waals surface area contributed by atoms with Crippen LogP contribution in [-0.2, 0) is 6.42 Å². The normalized spacial score (nSPS) is 12.4. The second-order valence-corrected chi connectivity index (χ2v) is 5.40. The molecule has 4 heteroatoms. The first kappa shape index (κ1) is 14.5. The Morgan fingerprint density at radius 1 is 1.05 bits per heavy atom. The fourth-order valence-corrected chi connectivity index (χ4v) is 2.74. The molecule has 0 aliphatic heterocycles. The highest BCUT2D eigenvalue weighted by atomic mass is 79.9. The highest BCUT2D eigenvalue weighted by Crippen LogP contribution is 2.27. The molecule has 0 heterocycles. The van der Waals surface area contributed by atoms with Crippen LogP contribution in [0.2, 0.25) is 5.02 Å². The molecule has 100 valence electrons. The zero-order valence-corrected chi connectivity index (χ0v) is 12.4. The van der Waals surface area contributed by atoms with E-state index in [9.17, 15) is 8.78 Å². The van der Waals surface area contributed by atoms with Gasteiger partial charge in [-0.05, 0) is 35.7 Å². The van der Waals surface area contributed by atoms with E-state index in [0.29, 0.717) is 27.9 Å². The van der Waals surface area contributed by atoms with Crippen LogP contribution < -0.4 is 0 Å². The summed E-state index contributed by atoms with van der Waals surface area (Å²) in [6, 6.07) is 11.2. The first-order valence-corrected chi connectivity index (χ1v) is 7.36. The van der Waals surface area contributed by atoms with E-state index in [-0.39, 0.29) is 17.6 Å². The topological polar surface area (TPSA) is 0 Å². The molecule has 0 saturated heterocycles. The van der Waals surface area contributed by atoms with Gasteiger partial charge in [0.05, 0.1) is 0 Å². The molecular formula is C15H12BrClF2. The molecule has 0 aliphatic carbocycles. The minimum absolute atomic E-state index is 0.114. The summed E-state index contributed by atoms with van der Waals surface area (Å²) < 4.78 is 27.5. The van der Waals surface area contributed by atoms with Crippen LogP contribution in [0.1, 0.15) is 17.0 Å². The van der Waals surface area contributed by atoms with Crippen molar-refractivity contribution in [3.05, 3.63) is 70.2 Å². The van der Waals surface area contributed by atoms with E-state index in [0.717, 1.165) is 0 Å². The lowest BCUT2D eigenvalue weighted by molar-refractivity contribution is 0.574. The molecule has 0 N–H and O–H groups in total. The molecule has 2 aromatic carbocycles. The number of hydrogen-bond acceptors (Lipinski definition) is 0. The van der Waals surface area contributed by atoms with E-state index >= 15 is 0 Å². The summed E-state index contributed by atoms with van der Waals surface area (Å²) in [5.74, 6) is -0.729. The average Bonchev–Trinajstić information content (AvgIpc) is 2.39. The van der Waals surface area contributed by atoms with Crippen LogP contribution in [0.5, 0.6) is 0 Å². The summed E-state index contributed by atoms with van der Waals surface area (Å²) in [5, 5.41) is 0.929. The monoisotopic (exact) mass is 344 g/mol. The molecule has 0 amide bonds. The maximum atomic E-state index is 13.8. The largest absolute Gasteiger partial charge is 0.207 e. The molecule has 0 aliphatic rings. The van der Waals surface area contributed by atoms with Gasteiger partial charge in [0.25, 0.3) is 0 Å². The van der Waals surface area contributed by atoms with Gasteiger partial charge in [-0.2, -0.15) is 0 Å². The van der Waals surface area contributed by atoms with Gasteiger partial charge < -0.3 is 0 Å². The van der Waals surface area contributed by atoms with E-state index in [1.165, 1.54) is 12.1 Å². The lowest BCUT2D eigenvalue weighted by atomic mass is 9.93. The van der Waals surface area contributed by atoms with E-state index < -0.39 is 0 Å². The molecule has 0 bridgehead atoms. The predicted molar refractivity (Wildman–Crippen MR) is 78.0 cm³/mol. The SMILES string of the molecule is Fc1cc(Cl)ccc1CC(CBr)c1ccccc1F. The Bertz CT molecular complexity index is 572. The van der Waals surface area contributed by atoms with Gasteiger partial charge in [0.2, 0.25) is 0 Å². The molecular weight excluding hydrogens is 334 g/mol. The van der Waals surface area contributed by atoms with Crippen LogP contribution >= 0.6 is 27.5 Å². The smallest absolute Gasteiger partial charge is 0.127 e. The van der Waals surface area contributed by atoms with Gasteiger partial charge >= 0.3 is 0 Å². The Morgan fingerprint density at radius 3 is 2.42 bits per heavy atom. The third kappa shape index (κ3) is 3.54. The molecule has 0 saturated carbocycles. The second kappa shape index (κ2) is 6.49. The molecule has 1 unspecified atom stereocenters. The maximum Gasteiger partial charge on any atom is 0.127 e. The summed E-state index contributed by atoms with van der Waals surface area (Å²) in [5.41, 5.74) is 1.13. The van der Waals surface area contributed by atoms with Crippen LogP contribution in [0, 0.1) is 11.6 Å². The predicted octanol–water partition coefficient (Wildman–Crippen LogP) is 5.34. The molecule has 0 spiro atoms. The Hall–Kier alpha value is -0.930. The molecule has 0 radical (unpaired) electrons. The summed E-state index contributed by atoms with van der Waals surface area (Å²) in [6.45, 7) is 0. The molecule has 0 nitrogen and oxygen atoms in total. The highest BCUT2D eigenvalue weighted by molar-refractivity contribution is 9.09. The van der Waals surface area contributed by atoms with Crippen molar-refractivity contribution >= 4 is 27.5 Å². The van der Waals surface area contributed by atoms with Crippen LogP contribution in [0.25, 0.3) is 0 Å². The lowest BCUT2D eigenvalue weighted by Gasteiger charge is -2.16. The van der Waals surface area contributed by atoms with Crippen molar-refractivity contribution in [1.82, 2.24) is 0 Å². The molecule has 19 heavy (non-hydrogen) atoms. The van der Waals surface area contributed by atoms with Crippen molar-refractivity contribution in [1.29, 1.82) is 0 Å². The number of hydrogen-bond donors (Lipinski definition) is 0. The Kier molecular flexibility index (Phi) is 4.94. The Balaban J connectivity index is 2.27. The first-order chi connectivity index (χ1) is 9.11. The molecule has 1 atom stereocenters. The van der Waals surface area contributed by atoms with E-state index in [4.69, 9.17) is 11.6 Å². The van der Waals surface area contributed by atoms with Crippen molar-refractivity contribution < 1.29 is 8.78 Å². The third-order valence-corrected chi connectivity index (χ3v) is 4.03. The minimum Gasteiger partial charge on any atom is -0.207 e. The zero-order valence-electron chi connectivity index (χ0n) is 10.0. The van der Waals surface area contributed by atoms with Crippen LogP contribution in [-0.4, -0.2) is 5.33 Å². The number of alkyl halides is 1. The number of rotatable bonds is 4. The van der Waals surface area contributed by atoms with Gasteiger partial charge in [0.15, 0.2) is 0 Å². The number of benzene rings is 2. The minimum atomic E-state index is -0.352. The van der Waals surface area contributed by atoms with Gasteiger partial charge in [0.1, 0.15) is 11.6 Å². The van der Waals surface area contributed by atoms with Crippen LogP contribution in [0.3, 0.4) is 0 Å². The van der Waals surface area contributed by atoms with E-state index in [2.05, 4.69) is 15.9 Å². The third-order valence-electron chi connectivity index (χ3n) is 3.01. The maximum absolute atomic E-state index is 13.8. The van der Waals surface area contributed by atoms with Crippen molar-refractivity contribution in [3.63, 3.8) is 0 Å². The fourth-order valence-electron chi connectivity index (χ4n) is 2.01. The molecule has 0 aromatic heterocycles. The van der Waals surface area contributed by atoms with Gasteiger partial charge in [0, 0.05) is 16.3 Å². The lowest BCUT2D eigenvalue weighted by Crippen LogP contribution is -2.08. The standard InChI is InChI=1S/C15H12BrClF2/c16-9-11(13-3-1-2-4-14(13)18)7-10-5-6-12(17)8-15(10)19/h1-6,8,11H,7,9H2. The van der Waals surface area contributed by atoms with Gasteiger partial charge in [-0.15, -0.1) is 0 Å². The average molecular weight is 346 g/mol. The molecule has 0 fully saturated rings. The molecule has 2 aromatic rings. The van der Waals surface area contributed by atoms with Crippen molar-refractivity contribution in [2.24, 2.45) is 0 Å². The zero-order chi connectivity index (χ0) is 13.8. The fraction of sp³-hybridized carbons (Fsp3) is 0.200. The summed E-state index contributed by atoms with van der Waals surface area (Å²) >= 11 is 9.09. The Labute approximate surface area is 124 Å². The Morgan fingerprint density at radius 2 is 1.79 bits per heavy atom. The van der Waals surface area contributed by atoms with Crippen molar-refractivity contribution in [3.8, 4) is 0 Å². The van der Waals surface area contributed by atoms with Crippen LogP contribution in [0.4, 0.5) is 8.78 Å². The van der Waals surface area contributed by atoms with E-state index in [1.54, 1.807) is 30.3 Å². The van der Waals surface area contributed by atoms with Gasteiger partial charge in [-0.1, -0.05) is 51.8 Å². The number of halogens is 4. The highest BCUT2D eigenvalue weighted by Gasteiger charge is 2.16. The van der Waals surface area contributed by atoms with Crippen molar-refractivity contribution in [2.75, 3.05) is 5.33 Å². The summed E-state index contributed by atoms with van der Waals surface area (Å²) in [4.78, 5) is 0. The quantitative estimate of drug-likeness (QED) is 0.656. The van der Waals surface area contributed by atoms with Crippen molar-refractivity contribution in [2.45, 2.75) is 12.3 Å². The van der Waals surface area contributed by atoms with Crippen LogP contribution in [0.15, 0.2) is 42.5 Å². The summed E-state index contributed by atoms with van der Waals surface area (Å²) in [6.07, 6.45) is 0.426. The second-order valence-electron chi connectivity index (χ2n) is 4.31. The van der Waals surface area contributed by atoms with Gasteiger partial charge in [-0.3, -0.25) is 0 Å². The molecule has 2 rings (SSSR count). The van der Waals surface area contributed by atoms with Gasteiger partial charge in [-0.25, -0.2) is 8.78 Å². The summed E-state index contributed by atoms with van der Waals surface area (Å²) in [7, 11) is 0.